The van der Waals surface area contributed by atoms with Crippen molar-refractivity contribution in [2.75, 3.05) is 0 Å². The Hall–Kier alpha value is -4.32. The standard InChI is InChI=1S/C32H22F8O/c1-2-3-4-5-19-6-9-21(10-7-19)23-13-12-22(25(33)16-23)11-8-20-14-26(34)30(27(35)15-20)32(39,40)41-24-17-28(36)31(38)29(37)18-24/h6-7,9-10,12-18H,2-5H2,1H3. The Morgan fingerprint density at radius 3 is 1.85 bits per heavy atom. The lowest BCUT2D eigenvalue weighted by Gasteiger charge is -2.19. The smallest absolute Gasteiger partial charge is 0.429 e. The van der Waals surface area contributed by atoms with Gasteiger partial charge in [0.15, 0.2) is 17.5 Å². The van der Waals surface area contributed by atoms with Crippen LogP contribution >= 0.6 is 0 Å². The number of rotatable bonds is 8. The molecule has 0 unspecified atom stereocenters. The van der Waals surface area contributed by atoms with Crippen LogP contribution in [0.25, 0.3) is 11.1 Å². The number of unbranched alkanes of at least 4 members (excludes halogenated alkanes) is 2. The molecule has 0 aliphatic carbocycles. The quantitative estimate of drug-likeness (QED) is 0.0882. The fraction of sp³-hybridized carbons (Fsp3) is 0.188. The van der Waals surface area contributed by atoms with E-state index < -0.39 is 52.3 Å². The van der Waals surface area contributed by atoms with Gasteiger partial charge in [0.25, 0.3) is 0 Å². The summed E-state index contributed by atoms with van der Waals surface area (Å²) in [4.78, 5) is 0. The molecule has 0 aliphatic rings. The van der Waals surface area contributed by atoms with Crippen LogP contribution < -0.4 is 4.74 Å². The molecule has 0 saturated heterocycles. The Kier molecular flexibility index (Phi) is 9.01. The molecule has 4 rings (SSSR count). The number of ether oxygens (including phenoxy) is 1. The van der Waals surface area contributed by atoms with Crippen molar-refractivity contribution < 1.29 is 39.9 Å². The van der Waals surface area contributed by atoms with Gasteiger partial charge in [0.1, 0.15) is 28.8 Å². The van der Waals surface area contributed by atoms with Crippen LogP contribution in [-0.2, 0) is 12.5 Å². The summed E-state index contributed by atoms with van der Waals surface area (Å²) in [6, 6.07) is 13.2. The van der Waals surface area contributed by atoms with Gasteiger partial charge in [-0.15, -0.1) is 0 Å². The van der Waals surface area contributed by atoms with E-state index in [-0.39, 0.29) is 23.3 Å². The highest BCUT2D eigenvalue weighted by Crippen LogP contribution is 2.36. The van der Waals surface area contributed by atoms with Crippen LogP contribution in [-0.4, -0.2) is 0 Å². The second kappa shape index (κ2) is 12.5. The molecule has 0 aliphatic heterocycles. The molecule has 0 atom stereocenters. The van der Waals surface area contributed by atoms with Gasteiger partial charge in [0.2, 0.25) is 0 Å². The van der Waals surface area contributed by atoms with Crippen molar-refractivity contribution in [2.45, 2.75) is 38.7 Å². The maximum Gasteiger partial charge on any atom is 0.432 e. The molecule has 41 heavy (non-hydrogen) atoms. The van der Waals surface area contributed by atoms with E-state index in [1.54, 1.807) is 6.07 Å². The van der Waals surface area contributed by atoms with Crippen molar-refractivity contribution in [1.82, 2.24) is 0 Å². The van der Waals surface area contributed by atoms with Gasteiger partial charge in [0.05, 0.1) is 5.56 Å². The summed E-state index contributed by atoms with van der Waals surface area (Å²) in [6.07, 6.45) is -0.423. The summed E-state index contributed by atoms with van der Waals surface area (Å²) in [7, 11) is 0. The van der Waals surface area contributed by atoms with Crippen LogP contribution in [0.4, 0.5) is 35.1 Å². The van der Waals surface area contributed by atoms with E-state index in [1.807, 2.05) is 24.3 Å². The first kappa shape index (κ1) is 29.7. The van der Waals surface area contributed by atoms with Gasteiger partial charge in [-0.1, -0.05) is 61.9 Å². The van der Waals surface area contributed by atoms with E-state index in [4.69, 9.17) is 0 Å². The number of benzene rings is 4. The summed E-state index contributed by atoms with van der Waals surface area (Å²) in [6.45, 7) is 2.13. The van der Waals surface area contributed by atoms with E-state index in [0.29, 0.717) is 17.7 Å². The molecule has 0 aromatic heterocycles. The van der Waals surface area contributed by atoms with Crippen LogP contribution in [0.1, 0.15) is 48.4 Å². The average molecular weight is 575 g/mol. The van der Waals surface area contributed by atoms with Gasteiger partial charge < -0.3 is 4.74 Å². The van der Waals surface area contributed by atoms with Crippen molar-refractivity contribution in [3.63, 3.8) is 0 Å². The van der Waals surface area contributed by atoms with Crippen molar-refractivity contribution in [3.05, 3.63) is 124 Å². The SMILES string of the molecule is CCCCCc1ccc(-c2ccc(C#Cc3cc(F)c(C(F)(F)Oc4cc(F)c(F)c(F)c4)c(F)c3)c(F)c2)cc1. The lowest BCUT2D eigenvalue weighted by Crippen LogP contribution is -2.25. The highest BCUT2D eigenvalue weighted by molar-refractivity contribution is 5.65. The van der Waals surface area contributed by atoms with Crippen molar-refractivity contribution in [2.24, 2.45) is 0 Å². The normalized spacial score (nSPS) is 11.2. The Morgan fingerprint density at radius 2 is 1.27 bits per heavy atom. The number of halogens is 8. The third-order valence-electron chi connectivity index (χ3n) is 6.20. The molecular formula is C32H22F8O. The molecule has 4 aromatic rings. The van der Waals surface area contributed by atoms with Crippen LogP contribution in [0.15, 0.2) is 66.7 Å². The molecule has 0 N–H and O–H groups in total. The monoisotopic (exact) mass is 574 g/mol. The second-order valence-electron chi connectivity index (χ2n) is 9.23. The van der Waals surface area contributed by atoms with Crippen LogP contribution in [0, 0.1) is 46.7 Å². The third-order valence-corrected chi connectivity index (χ3v) is 6.20. The summed E-state index contributed by atoms with van der Waals surface area (Å²) in [5.41, 5.74) is 0.220. The largest absolute Gasteiger partial charge is 0.432 e. The molecule has 1 nitrogen and oxygen atoms in total. The number of hydrogen-bond acceptors (Lipinski definition) is 1. The highest BCUT2D eigenvalue weighted by atomic mass is 19.3. The molecule has 0 spiro atoms. The first-order valence-electron chi connectivity index (χ1n) is 12.6. The van der Waals surface area contributed by atoms with Crippen LogP contribution in [0.3, 0.4) is 0 Å². The lowest BCUT2D eigenvalue weighted by molar-refractivity contribution is -0.189. The minimum Gasteiger partial charge on any atom is -0.429 e. The van der Waals surface area contributed by atoms with Gasteiger partial charge in [-0.05, 0) is 53.8 Å². The van der Waals surface area contributed by atoms with Crippen molar-refractivity contribution in [3.8, 4) is 28.7 Å². The van der Waals surface area contributed by atoms with Gasteiger partial charge in [-0.25, -0.2) is 26.3 Å². The third kappa shape index (κ3) is 7.07. The Balaban J connectivity index is 1.52. The van der Waals surface area contributed by atoms with Gasteiger partial charge >= 0.3 is 6.11 Å². The average Bonchev–Trinajstić information content (AvgIpc) is 2.90. The molecule has 0 radical (unpaired) electrons. The molecule has 9 heteroatoms. The van der Waals surface area contributed by atoms with Crippen LogP contribution in [0.5, 0.6) is 5.75 Å². The van der Waals surface area contributed by atoms with E-state index >= 15 is 0 Å². The first-order valence-corrected chi connectivity index (χ1v) is 12.6. The van der Waals surface area contributed by atoms with E-state index in [2.05, 4.69) is 23.5 Å². The van der Waals surface area contributed by atoms with E-state index in [0.717, 1.165) is 31.2 Å². The molecular weight excluding hydrogens is 552 g/mol. The summed E-state index contributed by atoms with van der Waals surface area (Å²) in [5.74, 6) is -6.31. The Morgan fingerprint density at radius 1 is 0.659 bits per heavy atom. The van der Waals surface area contributed by atoms with Gasteiger partial charge in [-0.3, -0.25) is 0 Å². The lowest BCUT2D eigenvalue weighted by atomic mass is 10.00. The Bertz CT molecular complexity index is 1570. The number of alkyl halides is 2. The molecule has 4 aromatic carbocycles. The minimum absolute atomic E-state index is 0.0937. The zero-order valence-corrected chi connectivity index (χ0v) is 21.6. The fourth-order valence-corrected chi connectivity index (χ4v) is 4.09. The van der Waals surface area contributed by atoms with Crippen LogP contribution in [0.2, 0.25) is 0 Å². The molecule has 0 amide bonds. The number of hydrogen-bond donors (Lipinski definition) is 0. The fourth-order valence-electron chi connectivity index (χ4n) is 4.09. The molecule has 0 saturated carbocycles. The summed E-state index contributed by atoms with van der Waals surface area (Å²) >= 11 is 0. The second-order valence-corrected chi connectivity index (χ2v) is 9.23. The Labute approximate surface area is 231 Å². The van der Waals surface area contributed by atoms with E-state index in [9.17, 15) is 35.1 Å². The van der Waals surface area contributed by atoms with Gasteiger partial charge in [0, 0.05) is 17.7 Å². The predicted octanol–water partition coefficient (Wildman–Crippen LogP) is 9.45. The molecule has 0 heterocycles. The maximum absolute atomic E-state index is 14.7. The topological polar surface area (TPSA) is 9.23 Å². The van der Waals surface area contributed by atoms with Gasteiger partial charge in [-0.2, -0.15) is 8.78 Å². The summed E-state index contributed by atoms with van der Waals surface area (Å²) < 4.78 is 117. The predicted molar refractivity (Wildman–Crippen MR) is 138 cm³/mol. The zero-order valence-electron chi connectivity index (χ0n) is 21.6. The van der Waals surface area contributed by atoms with Crippen molar-refractivity contribution >= 4 is 0 Å². The molecule has 0 bridgehead atoms. The zero-order chi connectivity index (χ0) is 29.7. The number of aryl methyl sites for hydroxylation is 1. The highest BCUT2D eigenvalue weighted by Gasteiger charge is 2.41. The minimum atomic E-state index is -4.73. The molecule has 212 valence electrons. The van der Waals surface area contributed by atoms with E-state index in [1.165, 1.54) is 17.7 Å². The summed E-state index contributed by atoms with van der Waals surface area (Å²) in [5, 5.41) is 0. The first-order chi connectivity index (χ1) is 19.5. The van der Waals surface area contributed by atoms with Crippen molar-refractivity contribution in [1.29, 1.82) is 0 Å². The molecule has 0 fully saturated rings. The maximum atomic E-state index is 14.7.